The maximum absolute atomic E-state index is 6.23. The van der Waals surface area contributed by atoms with Gasteiger partial charge in [-0.3, -0.25) is 4.90 Å². The molecule has 0 aliphatic carbocycles. The molecule has 0 spiro atoms. The molecule has 1 saturated heterocycles. The highest BCUT2D eigenvalue weighted by molar-refractivity contribution is 5.53. The first kappa shape index (κ1) is 17.6. The number of hydrogen-bond donors (Lipinski definition) is 0. The molecule has 0 aromatic heterocycles. The van der Waals surface area contributed by atoms with Gasteiger partial charge in [-0.2, -0.15) is 0 Å². The number of likely N-dealkylation sites (tertiary alicyclic amines) is 1. The highest BCUT2D eigenvalue weighted by Crippen LogP contribution is 2.46. The van der Waals surface area contributed by atoms with Crippen molar-refractivity contribution in [2.75, 3.05) is 26.2 Å². The molecule has 1 atom stereocenters. The molecule has 4 rings (SSSR count). The molecule has 0 N–H and O–H groups in total. The number of fused-ring (bicyclic) bond motifs is 2. The fourth-order valence-electron chi connectivity index (χ4n) is 4.48. The third-order valence-corrected chi connectivity index (χ3v) is 5.91. The van der Waals surface area contributed by atoms with E-state index in [9.17, 15) is 0 Å². The quantitative estimate of drug-likeness (QED) is 0.723. The Bertz CT molecular complexity index is 699. The Balaban J connectivity index is 1.75. The van der Waals surface area contributed by atoms with E-state index in [1.54, 1.807) is 0 Å². The zero-order chi connectivity index (χ0) is 17.9. The minimum Gasteiger partial charge on any atom is -0.457 e. The van der Waals surface area contributed by atoms with Crippen LogP contribution in [0.2, 0.25) is 0 Å². The molecule has 2 aromatic rings. The summed E-state index contributed by atoms with van der Waals surface area (Å²) in [6.07, 6.45) is 3.73. The lowest BCUT2D eigenvalue weighted by atomic mass is 9.91. The van der Waals surface area contributed by atoms with Gasteiger partial charge in [0.25, 0.3) is 0 Å². The van der Waals surface area contributed by atoms with Crippen molar-refractivity contribution in [3.8, 4) is 11.5 Å². The van der Waals surface area contributed by atoms with Crippen LogP contribution in [0.15, 0.2) is 48.5 Å². The number of benzene rings is 2. The molecule has 1 unspecified atom stereocenters. The Labute approximate surface area is 157 Å². The van der Waals surface area contributed by atoms with Crippen molar-refractivity contribution in [3.05, 3.63) is 59.7 Å². The van der Waals surface area contributed by atoms with E-state index in [2.05, 4.69) is 72.2 Å². The van der Waals surface area contributed by atoms with Crippen molar-refractivity contribution >= 4 is 0 Å². The van der Waals surface area contributed by atoms with Crippen LogP contribution in [-0.4, -0.2) is 42.0 Å². The van der Waals surface area contributed by atoms with E-state index >= 15 is 0 Å². The molecule has 1 fully saturated rings. The van der Waals surface area contributed by atoms with Crippen molar-refractivity contribution in [2.45, 2.75) is 45.2 Å². The maximum Gasteiger partial charge on any atom is 0.132 e. The van der Waals surface area contributed by atoms with Crippen molar-refractivity contribution in [1.29, 1.82) is 0 Å². The molecule has 0 bridgehead atoms. The van der Waals surface area contributed by atoms with Gasteiger partial charge < -0.3 is 9.64 Å². The van der Waals surface area contributed by atoms with Gasteiger partial charge in [0.05, 0.1) is 6.04 Å². The van der Waals surface area contributed by atoms with Crippen LogP contribution in [0, 0.1) is 0 Å². The van der Waals surface area contributed by atoms with Gasteiger partial charge in [0, 0.05) is 23.7 Å². The molecule has 0 amide bonds. The number of ether oxygens (including phenoxy) is 1. The van der Waals surface area contributed by atoms with Gasteiger partial charge in [0.1, 0.15) is 11.5 Å². The SMILES string of the molecule is CCCCN(C1CCN(CC)C1)C1c2ccccc2Oc2ccccc21. The van der Waals surface area contributed by atoms with Gasteiger partial charge in [-0.25, -0.2) is 0 Å². The largest absolute Gasteiger partial charge is 0.457 e. The summed E-state index contributed by atoms with van der Waals surface area (Å²) >= 11 is 0. The molecule has 0 radical (unpaired) electrons. The molecular weight excluding hydrogens is 320 g/mol. The minimum absolute atomic E-state index is 0.296. The van der Waals surface area contributed by atoms with Crippen LogP contribution >= 0.6 is 0 Å². The smallest absolute Gasteiger partial charge is 0.132 e. The summed E-state index contributed by atoms with van der Waals surface area (Å²) in [5, 5.41) is 0. The summed E-state index contributed by atoms with van der Waals surface area (Å²) in [6.45, 7) is 9.26. The van der Waals surface area contributed by atoms with Crippen LogP contribution in [0.3, 0.4) is 0 Å². The van der Waals surface area contributed by atoms with Crippen LogP contribution in [0.25, 0.3) is 0 Å². The van der Waals surface area contributed by atoms with Crippen LogP contribution in [0.1, 0.15) is 50.3 Å². The second-order valence-corrected chi connectivity index (χ2v) is 7.51. The summed E-state index contributed by atoms with van der Waals surface area (Å²) in [6, 6.07) is 18.1. The summed E-state index contributed by atoms with van der Waals surface area (Å²) in [5.74, 6) is 2.03. The van der Waals surface area contributed by atoms with E-state index in [-0.39, 0.29) is 0 Å². The van der Waals surface area contributed by atoms with E-state index < -0.39 is 0 Å². The average molecular weight is 351 g/mol. The molecular formula is C23H30N2O. The summed E-state index contributed by atoms with van der Waals surface area (Å²) in [5.41, 5.74) is 2.63. The van der Waals surface area contributed by atoms with Crippen LogP contribution in [0.4, 0.5) is 0 Å². The molecule has 3 heteroatoms. The zero-order valence-corrected chi connectivity index (χ0v) is 16.0. The molecule has 2 aliphatic heterocycles. The van der Waals surface area contributed by atoms with Crippen LogP contribution < -0.4 is 4.74 Å². The Kier molecular flexibility index (Phi) is 5.28. The first-order valence-corrected chi connectivity index (χ1v) is 10.2. The van der Waals surface area contributed by atoms with Gasteiger partial charge in [0.15, 0.2) is 0 Å². The van der Waals surface area contributed by atoms with Gasteiger partial charge in [-0.15, -0.1) is 0 Å². The highest BCUT2D eigenvalue weighted by atomic mass is 16.5. The van der Waals surface area contributed by atoms with Gasteiger partial charge in [-0.1, -0.05) is 56.7 Å². The molecule has 2 aromatic carbocycles. The third-order valence-electron chi connectivity index (χ3n) is 5.91. The topological polar surface area (TPSA) is 15.7 Å². The lowest BCUT2D eigenvalue weighted by Crippen LogP contribution is -2.42. The average Bonchev–Trinajstić information content (AvgIpc) is 3.16. The predicted molar refractivity (Wildman–Crippen MR) is 107 cm³/mol. The van der Waals surface area contributed by atoms with Crippen molar-refractivity contribution in [2.24, 2.45) is 0 Å². The summed E-state index contributed by atoms with van der Waals surface area (Å²) in [7, 11) is 0. The molecule has 3 nitrogen and oxygen atoms in total. The summed E-state index contributed by atoms with van der Waals surface area (Å²) < 4.78 is 6.23. The van der Waals surface area contributed by atoms with Gasteiger partial charge in [0.2, 0.25) is 0 Å². The van der Waals surface area contributed by atoms with E-state index in [1.807, 2.05) is 0 Å². The van der Waals surface area contributed by atoms with Crippen LogP contribution in [-0.2, 0) is 0 Å². The predicted octanol–water partition coefficient (Wildman–Crippen LogP) is 5.08. The zero-order valence-electron chi connectivity index (χ0n) is 16.0. The number of unbranched alkanes of at least 4 members (excludes halogenated alkanes) is 1. The van der Waals surface area contributed by atoms with Crippen molar-refractivity contribution in [1.82, 2.24) is 9.80 Å². The van der Waals surface area contributed by atoms with E-state index in [4.69, 9.17) is 4.74 Å². The van der Waals surface area contributed by atoms with Gasteiger partial charge >= 0.3 is 0 Å². The second kappa shape index (κ2) is 7.81. The lowest BCUT2D eigenvalue weighted by Gasteiger charge is -2.40. The molecule has 2 heterocycles. The second-order valence-electron chi connectivity index (χ2n) is 7.51. The number of nitrogens with zero attached hydrogens (tertiary/aromatic N) is 2. The molecule has 26 heavy (non-hydrogen) atoms. The van der Waals surface area contributed by atoms with Gasteiger partial charge in [-0.05, 0) is 44.6 Å². The van der Waals surface area contributed by atoms with Crippen LogP contribution in [0.5, 0.6) is 11.5 Å². The Morgan fingerprint density at radius 2 is 1.65 bits per heavy atom. The first-order chi connectivity index (χ1) is 12.8. The number of likely N-dealkylation sites (N-methyl/N-ethyl adjacent to an activating group) is 1. The Morgan fingerprint density at radius 3 is 2.23 bits per heavy atom. The summed E-state index contributed by atoms with van der Waals surface area (Å²) in [4.78, 5) is 5.35. The van der Waals surface area contributed by atoms with Crippen molar-refractivity contribution < 1.29 is 4.74 Å². The lowest BCUT2D eigenvalue weighted by molar-refractivity contribution is 0.145. The van der Waals surface area contributed by atoms with E-state index in [0.717, 1.165) is 24.6 Å². The Morgan fingerprint density at radius 1 is 1.00 bits per heavy atom. The van der Waals surface area contributed by atoms with E-state index in [1.165, 1.54) is 43.5 Å². The fourth-order valence-corrected chi connectivity index (χ4v) is 4.48. The molecule has 2 aliphatic rings. The normalized spacial score (nSPS) is 20.0. The highest BCUT2D eigenvalue weighted by Gasteiger charge is 2.37. The molecule has 0 saturated carbocycles. The number of rotatable bonds is 6. The number of para-hydroxylation sites is 2. The fraction of sp³-hybridized carbons (Fsp3) is 0.478. The van der Waals surface area contributed by atoms with Crippen molar-refractivity contribution in [3.63, 3.8) is 0 Å². The first-order valence-electron chi connectivity index (χ1n) is 10.2. The monoisotopic (exact) mass is 350 g/mol. The maximum atomic E-state index is 6.23. The minimum atomic E-state index is 0.296. The Hall–Kier alpha value is -1.84. The number of hydrogen-bond acceptors (Lipinski definition) is 3. The van der Waals surface area contributed by atoms with E-state index in [0.29, 0.717) is 12.1 Å². The third kappa shape index (κ3) is 3.26. The standard InChI is InChI=1S/C23H30N2O/c1-3-5-15-25(18-14-16-24(4-2)17-18)23-19-10-6-8-12-21(19)26-22-13-9-7-11-20(22)23/h6-13,18,23H,3-5,14-17H2,1-2H3. The molecule has 138 valence electrons.